The number of ether oxygens (including phenoxy) is 1. The Kier molecular flexibility index (Phi) is 3.61. The van der Waals surface area contributed by atoms with Gasteiger partial charge in [0.05, 0.1) is 17.9 Å². The largest absolute Gasteiger partial charge is 0.487 e. The third-order valence-electron chi connectivity index (χ3n) is 3.86. The van der Waals surface area contributed by atoms with Gasteiger partial charge in [-0.05, 0) is 39.0 Å². The zero-order valence-corrected chi connectivity index (χ0v) is 14.1. The predicted octanol–water partition coefficient (Wildman–Crippen LogP) is 1.88. The van der Waals surface area contributed by atoms with Gasteiger partial charge in [-0.25, -0.2) is 13.1 Å². The van der Waals surface area contributed by atoms with Crippen molar-refractivity contribution in [3.8, 4) is 5.75 Å². The monoisotopic (exact) mass is 336 g/mol. The van der Waals surface area contributed by atoms with Crippen LogP contribution in [0.4, 0.5) is 5.69 Å². The number of aromatic amines is 1. The highest BCUT2D eigenvalue weighted by molar-refractivity contribution is 7.89. The van der Waals surface area contributed by atoms with Gasteiger partial charge in [0.15, 0.2) is 0 Å². The van der Waals surface area contributed by atoms with Crippen LogP contribution in [-0.4, -0.2) is 24.2 Å². The number of H-pyrrole nitrogens is 1. The van der Waals surface area contributed by atoms with E-state index < -0.39 is 21.7 Å². The standard InChI is InChI=1S/C15H20N4O3S/c1-9-14(8-17-18-9)23(20,21)19-12-7-15(2,3)22-13-5-4-10(16)6-11(12)13/h4-6,8,12,19H,7,16H2,1-3H3,(H,17,18). The molecule has 124 valence electrons. The summed E-state index contributed by atoms with van der Waals surface area (Å²) in [4.78, 5) is 0.146. The lowest BCUT2D eigenvalue weighted by atomic mass is 9.90. The molecule has 8 heteroatoms. The molecule has 0 fully saturated rings. The van der Waals surface area contributed by atoms with Crippen LogP contribution in [0.1, 0.15) is 37.6 Å². The Balaban J connectivity index is 2.00. The van der Waals surface area contributed by atoms with Gasteiger partial charge in [-0.3, -0.25) is 5.10 Å². The highest BCUT2D eigenvalue weighted by atomic mass is 32.2. The number of anilines is 1. The maximum atomic E-state index is 12.6. The summed E-state index contributed by atoms with van der Waals surface area (Å²) in [5.74, 6) is 0.645. The minimum Gasteiger partial charge on any atom is -0.487 e. The van der Waals surface area contributed by atoms with Crippen LogP contribution in [0.15, 0.2) is 29.3 Å². The van der Waals surface area contributed by atoms with Gasteiger partial charge < -0.3 is 10.5 Å². The lowest BCUT2D eigenvalue weighted by molar-refractivity contribution is 0.0702. The Morgan fingerprint density at radius 2 is 2.17 bits per heavy atom. The Bertz CT molecular complexity index is 842. The maximum absolute atomic E-state index is 12.6. The number of nitrogens with two attached hydrogens (primary N) is 1. The molecule has 2 heterocycles. The third-order valence-corrected chi connectivity index (χ3v) is 5.45. The molecule has 4 N–H and O–H groups in total. The van der Waals surface area contributed by atoms with Crippen LogP contribution in [0.2, 0.25) is 0 Å². The molecule has 1 aliphatic rings. The second-order valence-corrected chi connectivity index (χ2v) is 8.08. The van der Waals surface area contributed by atoms with E-state index in [1.54, 1.807) is 25.1 Å². The van der Waals surface area contributed by atoms with E-state index in [0.717, 1.165) is 5.56 Å². The first-order valence-corrected chi connectivity index (χ1v) is 8.77. The van der Waals surface area contributed by atoms with Crippen LogP contribution in [0.3, 0.4) is 0 Å². The van der Waals surface area contributed by atoms with E-state index in [-0.39, 0.29) is 4.90 Å². The van der Waals surface area contributed by atoms with Crippen molar-refractivity contribution in [2.45, 2.75) is 43.7 Å². The molecule has 0 bridgehead atoms. The van der Waals surface area contributed by atoms with Crippen molar-refractivity contribution in [2.75, 3.05) is 5.73 Å². The zero-order chi connectivity index (χ0) is 16.8. The topological polar surface area (TPSA) is 110 Å². The van der Waals surface area contributed by atoms with E-state index >= 15 is 0 Å². The van der Waals surface area contributed by atoms with Crippen molar-refractivity contribution in [1.82, 2.24) is 14.9 Å². The molecule has 1 aromatic heterocycles. The minimum atomic E-state index is -3.69. The molecular weight excluding hydrogens is 316 g/mol. The number of benzene rings is 1. The predicted molar refractivity (Wildman–Crippen MR) is 86.6 cm³/mol. The summed E-state index contributed by atoms with van der Waals surface area (Å²) >= 11 is 0. The summed E-state index contributed by atoms with van der Waals surface area (Å²) in [6.07, 6.45) is 1.81. The van der Waals surface area contributed by atoms with Crippen molar-refractivity contribution in [1.29, 1.82) is 0 Å². The van der Waals surface area contributed by atoms with Crippen molar-refractivity contribution < 1.29 is 13.2 Å². The average Bonchev–Trinajstić information content (AvgIpc) is 2.85. The molecule has 0 saturated heterocycles. The number of fused-ring (bicyclic) bond motifs is 1. The number of nitrogens with one attached hydrogen (secondary N) is 2. The fraction of sp³-hybridized carbons (Fsp3) is 0.400. The van der Waals surface area contributed by atoms with E-state index in [9.17, 15) is 8.42 Å². The summed E-state index contributed by atoms with van der Waals surface area (Å²) in [7, 11) is -3.69. The summed E-state index contributed by atoms with van der Waals surface area (Å²) in [5.41, 5.74) is 7.17. The first kappa shape index (κ1) is 15.8. The van der Waals surface area contributed by atoms with Crippen LogP contribution in [0.25, 0.3) is 0 Å². The first-order chi connectivity index (χ1) is 10.7. The van der Waals surface area contributed by atoms with Gasteiger partial charge in [-0.1, -0.05) is 0 Å². The van der Waals surface area contributed by atoms with Crippen LogP contribution < -0.4 is 15.2 Å². The van der Waals surface area contributed by atoms with Gasteiger partial charge >= 0.3 is 0 Å². The number of hydrogen-bond acceptors (Lipinski definition) is 5. The molecule has 0 amide bonds. The lowest BCUT2D eigenvalue weighted by Gasteiger charge is -2.37. The molecule has 2 aromatic rings. The second-order valence-electron chi connectivity index (χ2n) is 6.40. The van der Waals surface area contributed by atoms with E-state index in [1.165, 1.54) is 6.20 Å². The summed E-state index contributed by atoms with van der Waals surface area (Å²) < 4.78 is 34.0. The highest BCUT2D eigenvalue weighted by Crippen LogP contribution is 2.41. The minimum absolute atomic E-state index is 0.146. The molecule has 1 aliphatic heterocycles. The number of nitrogen functional groups attached to an aromatic ring is 1. The molecule has 0 radical (unpaired) electrons. The Labute approximate surface area is 135 Å². The van der Waals surface area contributed by atoms with Crippen LogP contribution in [-0.2, 0) is 10.0 Å². The molecule has 0 aliphatic carbocycles. The number of aryl methyl sites for hydroxylation is 1. The van der Waals surface area contributed by atoms with E-state index in [0.29, 0.717) is 23.6 Å². The van der Waals surface area contributed by atoms with Crippen LogP contribution in [0.5, 0.6) is 5.75 Å². The van der Waals surface area contributed by atoms with Gasteiger partial charge in [-0.15, -0.1) is 0 Å². The normalized spacial score (nSPS) is 19.9. The summed E-state index contributed by atoms with van der Waals surface area (Å²) in [5, 5.41) is 6.42. The van der Waals surface area contributed by atoms with E-state index in [4.69, 9.17) is 10.5 Å². The van der Waals surface area contributed by atoms with Crippen molar-refractivity contribution in [3.63, 3.8) is 0 Å². The maximum Gasteiger partial charge on any atom is 0.244 e. The van der Waals surface area contributed by atoms with Crippen molar-refractivity contribution in [3.05, 3.63) is 35.7 Å². The Hall–Kier alpha value is -2.06. The fourth-order valence-corrected chi connectivity index (χ4v) is 4.19. The molecule has 0 spiro atoms. The van der Waals surface area contributed by atoms with E-state index in [2.05, 4.69) is 14.9 Å². The highest BCUT2D eigenvalue weighted by Gasteiger charge is 2.36. The van der Waals surface area contributed by atoms with Crippen LogP contribution >= 0.6 is 0 Å². The number of hydrogen-bond donors (Lipinski definition) is 3. The number of aromatic nitrogens is 2. The van der Waals surface area contributed by atoms with Gasteiger partial charge in [0.2, 0.25) is 10.0 Å². The van der Waals surface area contributed by atoms with E-state index in [1.807, 2.05) is 13.8 Å². The quantitative estimate of drug-likeness (QED) is 0.741. The summed E-state index contributed by atoms with van der Waals surface area (Å²) in [6, 6.07) is 4.85. The fourth-order valence-electron chi connectivity index (χ4n) is 2.84. The summed E-state index contributed by atoms with van der Waals surface area (Å²) in [6.45, 7) is 5.52. The molecule has 1 aromatic carbocycles. The molecule has 1 unspecified atom stereocenters. The van der Waals surface area contributed by atoms with Gasteiger partial charge in [0.1, 0.15) is 16.2 Å². The first-order valence-electron chi connectivity index (χ1n) is 7.29. The van der Waals surface area contributed by atoms with Crippen molar-refractivity contribution >= 4 is 15.7 Å². The molecule has 7 nitrogen and oxygen atoms in total. The van der Waals surface area contributed by atoms with Gasteiger partial charge in [0.25, 0.3) is 0 Å². The Morgan fingerprint density at radius 3 is 2.83 bits per heavy atom. The average molecular weight is 336 g/mol. The number of sulfonamides is 1. The molecular formula is C15H20N4O3S. The lowest BCUT2D eigenvalue weighted by Crippen LogP contribution is -2.41. The van der Waals surface area contributed by atoms with Crippen LogP contribution in [0, 0.1) is 6.92 Å². The molecule has 0 saturated carbocycles. The SMILES string of the molecule is Cc1[nH]ncc1S(=O)(=O)NC1CC(C)(C)Oc2ccc(N)cc21. The number of nitrogens with zero attached hydrogens (tertiary/aromatic N) is 1. The van der Waals surface area contributed by atoms with Gasteiger partial charge in [-0.2, -0.15) is 5.10 Å². The smallest absolute Gasteiger partial charge is 0.244 e. The van der Waals surface area contributed by atoms with Crippen molar-refractivity contribution in [2.24, 2.45) is 0 Å². The zero-order valence-electron chi connectivity index (χ0n) is 13.3. The second kappa shape index (κ2) is 5.24. The third kappa shape index (κ3) is 3.04. The molecule has 23 heavy (non-hydrogen) atoms. The van der Waals surface area contributed by atoms with Gasteiger partial charge in [0, 0.05) is 17.7 Å². The molecule has 3 rings (SSSR count). The Morgan fingerprint density at radius 1 is 1.43 bits per heavy atom. The molecule has 1 atom stereocenters. The number of rotatable bonds is 3.